The smallest absolute Gasteiger partial charge is 0.376 e. The van der Waals surface area contributed by atoms with Crippen LogP contribution in [0.5, 0.6) is 0 Å². The quantitative estimate of drug-likeness (QED) is 0.589. The third-order valence-corrected chi connectivity index (χ3v) is 4.96. The number of rotatable bonds is 2. The molecule has 0 aliphatic carbocycles. The molecule has 0 spiro atoms. The largest absolute Gasteiger partial charge is 0.416 e. The summed E-state index contributed by atoms with van der Waals surface area (Å²) in [5, 5.41) is 0. The third-order valence-electron chi connectivity index (χ3n) is 3.67. The van der Waals surface area contributed by atoms with Crippen molar-refractivity contribution in [2.75, 3.05) is 18.0 Å². The molecule has 0 aromatic heterocycles. The van der Waals surface area contributed by atoms with Gasteiger partial charge in [0.2, 0.25) is 0 Å². The van der Waals surface area contributed by atoms with Gasteiger partial charge in [-0.25, -0.2) is 0 Å². The van der Waals surface area contributed by atoms with E-state index in [1.54, 1.807) is 6.20 Å². The summed E-state index contributed by atoms with van der Waals surface area (Å²) in [6, 6.07) is 4.66. The number of carbonyl (C=O) groups is 1. The molecule has 2 aliphatic rings. The first-order valence-corrected chi connectivity index (χ1v) is 8.28. The molecule has 0 radical (unpaired) electrons. The number of alkyl halides is 3. The molecule has 0 N–H and O–H groups in total. The second kappa shape index (κ2) is 6.16. The van der Waals surface area contributed by atoms with Crippen molar-refractivity contribution < 1.29 is 18.0 Å². The Morgan fingerprint density at radius 1 is 1.22 bits per heavy atom. The van der Waals surface area contributed by atoms with Crippen molar-refractivity contribution in [3.63, 3.8) is 0 Å². The Balaban J connectivity index is 1.88. The molecular weight excluding hydrogens is 345 g/mol. The van der Waals surface area contributed by atoms with Crippen LogP contribution >= 0.6 is 24.0 Å². The molecule has 122 valence electrons. The SMILES string of the molecule is O=C1C(=CN2CCCC2)SC(=S)N1c1cccc(C(F)(F)F)c1. The highest BCUT2D eigenvalue weighted by molar-refractivity contribution is 8.27. The number of hydrogen-bond acceptors (Lipinski definition) is 4. The molecule has 0 saturated carbocycles. The predicted octanol–water partition coefficient (Wildman–Crippen LogP) is 4.01. The van der Waals surface area contributed by atoms with Gasteiger partial charge >= 0.3 is 6.18 Å². The lowest BCUT2D eigenvalue weighted by atomic mass is 10.2. The molecule has 2 aliphatic heterocycles. The van der Waals surface area contributed by atoms with E-state index >= 15 is 0 Å². The van der Waals surface area contributed by atoms with Gasteiger partial charge in [0.05, 0.1) is 16.2 Å². The summed E-state index contributed by atoms with van der Waals surface area (Å²) < 4.78 is 38.8. The topological polar surface area (TPSA) is 23.6 Å². The highest BCUT2D eigenvalue weighted by atomic mass is 32.2. The van der Waals surface area contributed by atoms with Crippen LogP contribution in [-0.2, 0) is 11.0 Å². The number of thioether (sulfide) groups is 1. The molecule has 2 heterocycles. The Morgan fingerprint density at radius 3 is 2.57 bits per heavy atom. The van der Waals surface area contributed by atoms with Gasteiger partial charge < -0.3 is 4.90 Å². The molecule has 0 unspecified atom stereocenters. The summed E-state index contributed by atoms with van der Waals surface area (Å²) >= 11 is 6.30. The highest BCUT2D eigenvalue weighted by Gasteiger charge is 2.36. The van der Waals surface area contributed by atoms with Crippen molar-refractivity contribution in [1.82, 2.24) is 4.90 Å². The first-order valence-electron chi connectivity index (χ1n) is 7.05. The number of likely N-dealkylation sites (tertiary alicyclic amines) is 1. The number of nitrogens with zero attached hydrogens (tertiary/aromatic N) is 2. The molecule has 1 amide bonds. The van der Waals surface area contributed by atoms with Gasteiger partial charge in [0.1, 0.15) is 0 Å². The highest BCUT2D eigenvalue weighted by Crippen LogP contribution is 2.38. The van der Waals surface area contributed by atoms with Crippen molar-refractivity contribution in [2.24, 2.45) is 0 Å². The molecule has 8 heteroatoms. The third kappa shape index (κ3) is 3.37. The lowest BCUT2D eigenvalue weighted by molar-refractivity contribution is -0.137. The molecule has 23 heavy (non-hydrogen) atoms. The van der Waals surface area contributed by atoms with Crippen LogP contribution in [0.1, 0.15) is 18.4 Å². The minimum Gasteiger partial charge on any atom is -0.376 e. The predicted molar refractivity (Wildman–Crippen MR) is 88.0 cm³/mol. The second-order valence-electron chi connectivity index (χ2n) is 5.29. The monoisotopic (exact) mass is 358 g/mol. The van der Waals surface area contributed by atoms with Crippen LogP contribution in [0, 0.1) is 0 Å². The Bertz CT molecular complexity index is 682. The number of anilines is 1. The number of amides is 1. The average molecular weight is 358 g/mol. The van der Waals surface area contributed by atoms with Gasteiger partial charge in [0, 0.05) is 19.3 Å². The van der Waals surface area contributed by atoms with E-state index in [9.17, 15) is 18.0 Å². The van der Waals surface area contributed by atoms with Crippen LogP contribution in [0.15, 0.2) is 35.4 Å². The number of benzene rings is 1. The second-order valence-corrected chi connectivity index (χ2v) is 6.97. The van der Waals surface area contributed by atoms with Crippen LogP contribution in [0.3, 0.4) is 0 Å². The lowest BCUT2D eigenvalue weighted by Crippen LogP contribution is -2.28. The summed E-state index contributed by atoms with van der Waals surface area (Å²) in [5.41, 5.74) is -0.653. The zero-order valence-corrected chi connectivity index (χ0v) is 13.6. The molecule has 2 saturated heterocycles. The Kier molecular flexibility index (Phi) is 4.37. The van der Waals surface area contributed by atoms with Crippen LogP contribution < -0.4 is 4.90 Å². The number of carbonyl (C=O) groups excluding carboxylic acids is 1. The minimum atomic E-state index is -4.46. The summed E-state index contributed by atoms with van der Waals surface area (Å²) in [7, 11) is 0. The zero-order chi connectivity index (χ0) is 16.6. The summed E-state index contributed by atoms with van der Waals surface area (Å²) in [4.78, 5) is 16.2. The van der Waals surface area contributed by atoms with Crippen molar-refractivity contribution in [3.05, 3.63) is 40.9 Å². The Morgan fingerprint density at radius 2 is 1.91 bits per heavy atom. The van der Waals surface area contributed by atoms with Gasteiger partial charge in [-0.3, -0.25) is 9.69 Å². The van der Waals surface area contributed by atoms with E-state index in [-0.39, 0.29) is 15.9 Å². The van der Waals surface area contributed by atoms with Gasteiger partial charge in [0.15, 0.2) is 4.32 Å². The van der Waals surface area contributed by atoms with Crippen LogP contribution in [0.4, 0.5) is 18.9 Å². The molecule has 3 nitrogen and oxygen atoms in total. The van der Waals surface area contributed by atoms with Gasteiger partial charge in [-0.05, 0) is 31.0 Å². The Labute approximate surface area is 141 Å². The van der Waals surface area contributed by atoms with E-state index in [1.807, 2.05) is 4.90 Å². The maximum Gasteiger partial charge on any atom is 0.416 e. The fraction of sp³-hybridized carbons (Fsp3) is 0.333. The van der Waals surface area contributed by atoms with Crippen LogP contribution in [-0.4, -0.2) is 28.2 Å². The molecule has 0 bridgehead atoms. The molecule has 1 aromatic carbocycles. The normalized spacial score (nSPS) is 20.9. The van der Waals surface area contributed by atoms with Gasteiger partial charge in [-0.15, -0.1) is 0 Å². The van der Waals surface area contributed by atoms with E-state index in [0.29, 0.717) is 4.91 Å². The summed E-state index contributed by atoms with van der Waals surface area (Å²) in [5.74, 6) is -0.369. The number of halogens is 3. The molecular formula is C15H13F3N2OS2. The zero-order valence-electron chi connectivity index (χ0n) is 12.0. The van der Waals surface area contributed by atoms with E-state index in [0.717, 1.165) is 54.7 Å². The standard InChI is InChI=1S/C15H13F3N2OS2/c16-15(17,18)10-4-3-5-11(8-10)20-13(21)12(23-14(20)22)9-19-6-1-2-7-19/h3-5,8-9H,1-2,6-7H2. The first kappa shape index (κ1) is 16.3. The number of thiocarbonyl (C=S) groups is 1. The van der Waals surface area contributed by atoms with Crippen molar-refractivity contribution in [2.45, 2.75) is 19.0 Å². The van der Waals surface area contributed by atoms with Crippen molar-refractivity contribution in [3.8, 4) is 0 Å². The molecule has 3 rings (SSSR count). The average Bonchev–Trinajstić information content (AvgIpc) is 3.08. The number of hydrogen-bond donors (Lipinski definition) is 0. The summed E-state index contributed by atoms with van der Waals surface area (Å²) in [6.07, 6.45) is -0.545. The van der Waals surface area contributed by atoms with E-state index in [1.165, 1.54) is 12.1 Å². The van der Waals surface area contributed by atoms with Crippen molar-refractivity contribution in [1.29, 1.82) is 0 Å². The van der Waals surface area contributed by atoms with Crippen LogP contribution in [0.25, 0.3) is 0 Å². The minimum absolute atomic E-state index is 0.146. The van der Waals surface area contributed by atoms with Gasteiger partial charge in [-0.2, -0.15) is 13.2 Å². The lowest BCUT2D eigenvalue weighted by Gasteiger charge is -2.16. The van der Waals surface area contributed by atoms with E-state index < -0.39 is 11.7 Å². The van der Waals surface area contributed by atoms with E-state index in [4.69, 9.17) is 12.2 Å². The van der Waals surface area contributed by atoms with E-state index in [2.05, 4.69) is 0 Å². The van der Waals surface area contributed by atoms with Gasteiger partial charge in [-0.1, -0.05) is 30.0 Å². The van der Waals surface area contributed by atoms with Crippen LogP contribution in [0.2, 0.25) is 0 Å². The molecule has 0 atom stereocenters. The van der Waals surface area contributed by atoms with Gasteiger partial charge in [0.25, 0.3) is 5.91 Å². The Hall–Kier alpha value is -1.54. The maximum absolute atomic E-state index is 12.8. The fourth-order valence-electron chi connectivity index (χ4n) is 2.54. The summed E-state index contributed by atoms with van der Waals surface area (Å²) in [6.45, 7) is 1.77. The maximum atomic E-state index is 12.8. The fourth-order valence-corrected chi connectivity index (χ4v) is 3.84. The first-order chi connectivity index (χ1) is 10.9. The van der Waals surface area contributed by atoms with Crippen molar-refractivity contribution >= 4 is 39.9 Å². The molecule has 2 fully saturated rings. The molecule has 1 aromatic rings.